The van der Waals surface area contributed by atoms with Crippen molar-refractivity contribution in [1.29, 1.82) is 0 Å². The third kappa shape index (κ3) is 1.71. The molecule has 1 saturated carbocycles. The highest BCUT2D eigenvalue weighted by atomic mass is 16.5. The number of ether oxygens (including phenoxy) is 1. The Kier molecular flexibility index (Phi) is 2.06. The van der Waals surface area contributed by atoms with Gasteiger partial charge in [-0.05, 0) is 25.7 Å². The fourth-order valence-electron chi connectivity index (χ4n) is 1.97. The Bertz CT molecular complexity index is 242. The third-order valence-electron chi connectivity index (χ3n) is 2.86. The van der Waals surface area contributed by atoms with Gasteiger partial charge in [0.05, 0.1) is 6.04 Å². The minimum absolute atomic E-state index is 0.166. The van der Waals surface area contributed by atoms with Gasteiger partial charge in [0.25, 0.3) is 0 Å². The molecule has 13 heavy (non-hydrogen) atoms. The molecule has 3 aliphatic rings. The van der Waals surface area contributed by atoms with Crippen LogP contribution in [0, 0.1) is 0 Å². The smallest absolute Gasteiger partial charge is 0.302 e. The van der Waals surface area contributed by atoms with Crippen molar-refractivity contribution in [3.63, 3.8) is 0 Å². The van der Waals surface area contributed by atoms with Gasteiger partial charge in [-0.15, -0.1) is 0 Å². The molecule has 2 heterocycles. The quantitative estimate of drug-likeness (QED) is 0.610. The number of nitrogens with zero attached hydrogens (tertiary/aromatic N) is 2. The molecule has 0 aromatic rings. The minimum atomic E-state index is -0.225. The lowest BCUT2D eigenvalue weighted by Gasteiger charge is -2.38. The van der Waals surface area contributed by atoms with Crippen molar-refractivity contribution in [2.45, 2.75) is 44.2 Å². The van der Waals surface area contributed by atoms with Gasteiger partial charge in [-0.3, -0.25) is 4.79 Å². The number of esters is 1. The molecule has 0 radical (unpaired) electrons. The molecule has 1 aliphatic carbocycles. The highest BCUT2D eigenvalue weighted by Crippen LogP contribution is 2.38. The van der Waals surface area contributed by atoms with Crippen molar-refractivity contribution >= 4 is 5.97 Å². The highest BCUT2D eigenvalue weighted by Gasteiger charge is 2.40. The molecule has 0 aromatic heterocycles. The van der Waals surface area contributed by atoms with Gasteiger partial charge in [0.1, 0.15) is 12.1 Å². The summed E-state index contributed by atoms with van der Waals surface area (Å²) in [5.41, 5.74) is -0.166. The Labute approximate surface area is 77.4 Å². The van der Waals surface area contributed by atoms with Gasteiger partial charge in [-0.1, -0.05) is 0 Å². The molecule has 72 valence electrons. The van der Waals surface area contributed by atoms with Crippen LogP contribution in [0.5, 0.6) is 0 Å². The lowest BCUT2D eigenvalue weighted by atomic mass is 9.79. The standard InChI is InChI=1S/C9H14N2O2/c1-7(12)13-6-9-4-2-8(3-5-9)10-11-9/h8H,2-6H2,1H3. The summed E-state index contributed by atoms with van der Waals surface area (Å²) in [7, 11) is 0. The van der Waals surface area contributed by atoms with E-state index in [0.717, 1.165) is 25.7 Å². The first-order chi connectivity index (χ1) is 6.20. The van der Waals surface area contributed by atoms with Crippen LogP contribution >= 0.6 is 0 Å². The molecule has 2 bridgehead atoms. The average Bonchev–Trinajstić information content (AvgIpc) is 2.18. The molecule has 0 saturated heterocycles. The van der Waals surface area contributed by atoms with Crippen LogP contribution in [0.2, 0.25) is 0 Å². The maximum absolute atomic E-state index is 10.7. The number of carbonyl (C=O) groups is 1. The lowest BCUT2D eigenvalue weighted by Crippen LogP contribution is -2.41. The average molecular weight is 182 g/mol. The van der Waals surface area contributed by atoms with E-state index in [1.54, 1.807) is 0 Å². The number of azo groups is 1. The summed E-state index contributed by atoms with van der Waals surface area (Å²) < 4.78 is 5.01. The van der Waals surface area contributed by atoms with Gasteiger partial charge in [0.15, 0.2) is 0 Å². The maximum Gasteiger partial charge on any atom is 0.302 e. The monoisotopic (exact) mass is 182 g/mol. The summed E-state index contributed by atoms with van der Waals surface area (Å²) in [6.07, 6.45) is 4.25. The summed E-state index contributed by atoms with van der Waals surface area (Å²) in [4.78, 5) is 10.7. The molecule has 0 atom stereocenters. The van der Waals surface area contributed by atoms with E-state index < -0.39 is 0 Å². The van der Waals surface area contributed by atoms with E-state index in [1.807, 2.05) is 0 Å². The van der Waals surface area contributed by atoms with Gasteiger partial charge in [-0.2, -0.15) is 10.2 Å². The maximum atomic E-state index is 10.7. The van der Waals surface area contributed by atoms with Crippen LogP contribution in [0.4, 0.5) is 0 Å². The second kappa shape index (κ2) is 3.09. The third-order valence-corrected chi connectivity index (χ3v) is 2.86. The largest absolute Gasteiger partial charge is 0.463 e. The first-order valence-electron chi connectivity index (χ1n) is 4.76. The second-order valence-corrected chi connectivity index (χ2v) is 3.95. The Hall–Kier alpha value is -0.930. The zero-order chi connectivity index (χ0) is 9.31. The minimum Gasteiger partial charge on any atom is -0.463 e. The molecule has 0 amide bonds. The van der Waals surface area contributed by atoms with Gasteiger partial charge >= 0.3 is 5.97 Å². The lowest BCUT2D eigenvalue weighted by molar-refractivity contribution is -0.143. The molecular formula is C9H14N2O2. The van der Waals surface area contributed by atoms with Gasteiger partial charge in [-0.25, -0.2) is 0 Å². The normalized spacial score (nSPS) is 36.2. The summed E-state index contributed by atoms with van der Waals surface area (Å²) in [6.45, 7) is 1.85. The fraction of sp³-hybridized carbons (Fsp3) is 0.889. The Morgan fingerprint density at radius 3 is 2.69 bits per heavy atom. The van der Waals surface area contributed by atoms with Crippen LogP contribution in [0.3, 0.4) is 0 Å². The summed E-state index contributed by atoms with van der Waals surface area (Å²) in [6, 6.07) is 0.444. The predicted molar refractivity (Wildman–Crippen MR) is 46.5 cm³/mol. The topological polar surface area (TPSA) is 51.0 Å². The molecule has 0 N–H and O–H groups in total. The number of rotatable bonds is 2. The van der Waals surface area contributed by atoms with Crippen molar-refractivity contribution in [2.24, 2.45) is 10.2 Å². The van der Waals surface area contributed by atoms with E-state index in [1.165, 1.54) is 6.92 Å². The van der Waals surface area contributed by atoms with E-state index in [2.05, 4.69) is 10.2 Å². The number of hydrogen-bond donors (Lipinski definition) is 0. The molecular weight excluding hydrogens is 168 g/mol. The van der Waals surface area contributed by atoms with Crippen molar-refractivity contribution in [3.05, 3.63) is 0 Å². The molecule has 4 heteroatoms. The van der Waals surface area contributed by atoms with Crippen LogP contribution in [0.15, 0.2) is 10.2 Å². The first-order valence-corrected chi connectivity index (χ1v) is 4.76. The number of hydrogen-bond acceptors (Lipinski definition) is 4. The van der Waals surface area contributed by atoms with Gasteiger partial charge < -0.3 is 4.74 Å². The first kappa shape index (κ1) is 8.66. The van der Waals surface area contributed by atoms with E-state index >= 15 is 0 Å². The van der Waals surface area contributed by atoms with Crippen LogP contribution < -0.4 is 0 Å². The van der Waals surface area contributed by atoms with Crippen molar-refractivity contribution in [3.8, 4) is 0 Å². The van der Waals surface area contributed by atoms with Crippen molar-refractivity contribution in [2.75, 3.05) is 6.61 Å². The van der Waals surface area contributed by atoms with E-state index in [-0.39, 0.29) is 11.5 Å². The van der Waals surface area contributed by atoms with E-state index in [4.69, 9.17) is 4.74 Å². The van der Waals surface area contributed by atoms with Crippen molar-refractivity contribution in [1.82, 2.24) is 0 Å². The Morgan fingerprint density at radius 1 is 1.54 bits per heavy atom. The molecule has 0 spiro atoms. The fourth-order valence-corrected chi connectivity index (χ4v) is 1.97. The predicted octanol–water partition coefficient (Wildman–Crippen LogP) is 1.70. The Morgan fingerprint density at radius 2 is 2.23 bits per heavy atom. The highest BCUT2D eigenvalue weighted by molar-refractivity contribution is 5.66. The SMILES string of the molecule is CC(=O)OCC12CCC(CC1)N=N2. The summed E-state index contributed by atoms with van der Waals surface area (Å²) >= 11 is 0. The zero-order valence-electron chi connectivity index (χ0n) is 7.82. The van der Waals surface area contributed by atoms with Gasteiger partial charge in [0.2, 0.25) is 0 Å². The zero-order valence-corrected chi connectivity index (χ0v) is 7.82. The van der Waals surface area contributed by atoms with Crippen LogP contribution in [-0.2, 0) is 9.53 Å². The summed E-state index contributed by atoms with van der Waals surface area (Å²) in [5, 5.41) is 8.43. The van der Waals surface area contributed by atoms with Crippen LogP contribution in [0.1, 0.15) is 32.6 Å². The van der Waals surface area contributed by atoms with E-state index in [9.17, 15) is 4.79 Å². The molecule has 0 unspecified atom stereocenters. The van der Waals surface area contributed by atoms with Crippen molar-refractivity contribution < 1.29 is 9.53 Å². The molecule has 4 nitrogen and oxygen atoms in total. The second-order valence-electron chi connectivity index (χ2n) is 3.95. The number of carbonyl (C=O) groups excluding carboxylic acids is 1. The summed E-state index contributed by atoms with van der Waals surface area (Å²) in [5.74, 6) is -0.225. The van der Waals surface area contributed by atoms with Crippen LogP contribution in [-0.4, -0.2) is 24.2 Å². The van der Waals surface area contributed by atoms with Gasteiger partial charge in [0, 0.05) is 6.92 Å². The Balaban J connectivity index is 1.99. The molecule has 1 fully saturated rings. The molecule has 0 aromatic carbocycles. The number of fused-ring (bicyclic) bond motifs is 2. The van der Waals surface area contributed by atoms with E-state index in [0.29, 0.717) is 12.6 Å². The molecule has 2 aliphatic heterocycles. The molecule has 3 rings (SSSR count). The van der Waals surface area contributed by atoms with Crippen LogP contribution in [0.25, 0.3) is 0 Å².